The van der Waals surface area contributed by atoms with Crippen LogP contribution in [0.25, 0.3) is 0 Å². The lowest BCUT2D eigenvalue weighted by Crippen LogP contribution is -2.46. The lowest BCUT2D eigenvalue weighted by Gasteiger charge is -2.38. The van der Waals surface area contributed by atoms with Crippen LogP contribution in [0.15, 0.2) is 18.5 Å². The standard InChI is InChI=1S/C17H22N4O5/c1-20-9-15(24)21(17(20)25)8-14(23)19-16(10-3-12(22)4-10)11-5-13(26-2)7-18-6-11/h5-7,10,12,16,22H,3-4,8-9H2,1-2H3,(H,19,23). The van der Waals surface area contributed by atoms with Crippen molar-refractivity contribution in [3.63, 3.8) is 0 Å². The Balaban J connectivity index is 1.72. The molecule has 2 aliphatic rings. The minimum absolute atomic E-state index is 0.0236. The molecule has 1 unspecified atom stereocenters. The quantitative estimate of drug-likeness (QED) is 0.684. The third-order valence-electron chi connectivity index (χ3n) is 4.80. The molecule has 140 valence electrons. The van der Waals surface area contributed by atoms with E-state index in [0.717, 1.165) is 10.5 Å². The Morgan fingerprint density at radius 3 is 2.73 bits per heavy atom. The van der Waals surface area contributed by atoms with Crippen LogP contribution in [0.5, 0.6) is 5.75 Å². The van der Waals surface area contributed by atoms with Crippen LogP contribution in [-0.2, 0) is 9.59 Å². The van der Waals surface area contributed by atoms with Gasteiger partial charge in [-0.05, 0) is 30.4 Å². The third kappa shape index (κ3) is 3.62. The molecule has 1 aliphatic heterocycles. The van der Waals surface area contributed by atoms with Crippen molar-refractivity contribution in [1.29, 1.82) is 0 Å². The first-order chi connectivity index (χ1) is 12.4. The number of hydrogen-bond acceptors (Lipinski definition) is 6. The highest BCUT2D eigenvalue weighted by molar-refractivity contribution is 6.04. The van der Waals surface area contributed by atoms with Gasteiger partial charge in [-0.2, -0.15) is 0 Å². The molecule has 0 aromatic carbocycles. The number of imide groups is 1. The number of aromatic nitrogens is 1. The molecule has 26 heavy (non-hydrogen) atoms. The number of nitrogens with zero attached hydrogens (tertiary/aromatic N) is 3. The van der Waals surface area contributed by atoms with Crippen LogP contribution in [0.3, 0.4) is 0 Å². The molecule has 2 N–H and O–H groups in total. The number of aliphatic hydroxyl groups is 1. The van der Waals surface area contributed by atoms with Gasteiger partial charge in [-0.15, -0.1) is 0 Å². The highest BCUT2D eigenvalue weighted by Gasteiger charge is 2.38. The van der Waals surface area contributed by atoms with Gasteiger partial charge in [0.05, 0.1) is 25.5 Å². The number of aliphatic hydroxyl groups excluding tert-OH is 1. The molecule has 2 fully saturated rings. The molecule has 1 saturated heterocycles. The summed E-state index contributed by atoms with van der Waals surface area (Å²) in [6.45, 7) is -0.352. The molecule has 0 bridgehead atoms. The molecule has 9 heteroatoms. The molecule has 1 aromatic heterocycles. The number of likely N-dealkylation sites (N-methyl/N-ethyl adjacent to an activating group) is 1. The smallest absolute Gasteiger partial charge is 0.327 e. The summed E-state index contributed by atoms with van der Waals surface area (Å²) in [6.07, 6.45) is 3.94. The fourth-order valence-corrected chi connectivity index (χ4v) is 3.28. The summed E-state index contributed by atoms with van der Waals surface area (Å²) < 4.78 is 5.18. The number of amides is 4. The van der Waals surface area contributed by atoms with Crippen LogP contribution in [0.4, 0.5) is 4.79 Å². The SMILES string of the molecule is COc1cncc(C(NC(=O)CN2C(=O)CN(C)C2=O)C2CC(O)C2)c1. The number of carbonyl (C=O) groups excluding carboxylic acids is 3. The number of rotatable bonds is 6. The molecular formula is C17H22N4O5. The maximum Gasteiger partial charge on any atom is 0.327 e. The molecule has 9 nitrogen and oxygen atoms in total. The van der Waals surface area contributed by atoms with Gasteiger partial charge in [0.15, 0.2) is 0 Å². The Labute approximate surface area is 150 Å². The fourth-order valence-electron chi connectivity index (χ4n) is 3.28. The summed E-state index contributed by atoms with van der Waals surface area (Å²) in [5.74, 6) is -0.217. The van der Waals surface area contributed by atoms with Gasteiger partial charge in [-0.3, -0.25) is 19.5 Å². The summed E-state index contributed by atoms with van der Waals surface area (Å²) in [4.78, 5) is 42.6. The van der Waals surface area contributed by atoms with E-state index < -0.39 is 17.8 Å². The second kappa shape index (κ2) is 7.28. The predicted molar refractivity (Wildman–Crippen MR) is 90.1 cm³/mol. The van der Waals surface area contributed by atoms with Crippen LogP contribution in [0.2, 0.25) is 0 Å². The highest BCUT2D eigenvalue weighted by atomic mass is 16.5. The number of ether oxygens (including phenoxy) is 1. The van der Waals surface area contributed by atoms with Crippen LogP contribution in [0, 0.1) is 5.92 Å². The first-order valence-electron chi connectivity index (χ1n) is 8.41. The monoisotopic (exact) mass is 362 g/mol. The van der Waals surface area contributed by atoms with Crippen molar-refractivity contribution in [2.24, 2.45) is 5.92 Å². The van der Waals surface area contributed by atoms with Gasteiger partial charge in [0.25, 0.3) is 5.91 Å². The summed E-state index contributed by atoms with van der Waals surface area (Å²) in [5.41, 5.74) is 0.755. The average molecular weight is 362 g/mol. The normalized spacial score (nSPS) is 23.7. The molecular weight excluding hydrogens is 340 g/mol. The summed E-state index contributed by atoms with van der Waals surface area (Å²) >= 11 is 0. The number of urea groups is 1. The van der Waals surface area contributed by atoms with E-state index in [-0.39, 0.29) is 31.2 Å². The first kappa shape index (κ1) is 18.1. The zero-order valence-electron chi connectivity index (χ0n) is 14.7. The second-order valence-corrected chi connectivity index (χ2v) is 6.71. The zero-order chi connectivity index (χ0) is 18.8. The highest BCUT2D eigenvalue weighted by Crippen LogP contribution is 2.38. The molecule has 1 aliphatic carbocycles. The molecule has 0 spiro atoms. The van der Waals surface area contributed by atoms with E-state index in [0.29, 0.717) is 18.6 Å². The Hall–Kier alpha value is -2.68. The maximum atomic E-state index is 12.5. The molecule has 0 radical (unpaired) electrons. The number of hydrogen-bond donors (Lipinski definition) is 2. The number of methoxy groups -OCH3 is 1. The van der Waals surface area contributed by atoms with E-state index in [9.17, 15) is 19.5 Å². The molecule has 1 aromatic rings. The Kier molecular flexibility index (Phi) is 5.08. The van der Waals surface area contributed by atoms with E-state index in [1.54, 1.807) is 18.5 Å². The second-order valence-electron chi connectivity index (χ2n) is 6.71. The van der Waals surface area contributed by atoms with Crippen molar-refractivity contribution >= 4 is 17.8 Å². The van der Waals surface area contributed by atoms with Gasteiger partial charge < -0.3 is 20.1 Å². The molecule has 1 atom stereocenters. The number of nitrogens with one attached hydrogen (secondary N) is 1. The van der Waals surface area contributed by atoms with E-state index in [1.807, 2.05) is 0 Å². The molecule has 2 heterocycles. The summed E-state index contributed by atoms with van der Waals surface area (Å²) in [6, 6.07) is 0.922. The minimum Gasteiger partial charge on any atom is -0.495 e. The fraction of sp³-hybridized carbons (Fsp3) is 0.529. The van der Waals surface area contributed by atoms with Crippen LogP contribution < -0.4 is 10.1 Å². The van der Waals surface area contributed by atoms with E-state index in [2.05, 4.69) is 10.3 Å². The lowest BCUT2D eigenvalue weighted by molar-refractivity contribution is -0.131. The summed E-state index contributed by atoms with van der Waals surface area (Å²) in [5, 5.41) is 12.5. The van der Waals surface area contributed by atoms with Crippen molar-refractivity contribution in [3.05, 3.63) is 24.0 Å². The summed E-state index contributed by atoms with van der Waals surface area (Å²) in [7, 11) is 3.04. The number of pyridine rings is 1. The average Bonchev–Trinajstić information content (AvgIpc) is 2.83. The van der Waals surface area contributed by atoms with Gasteiger partial charge in [0.2, 0.25) is 5.91 Å². The lowest BCUT2D eigenvalue weighted by atomic mass is 9.75. The number of carbonyl (C=O) groups is 3. The van der Waals surface area contributed by atoms with Gasteiger partial charge in [0, 0.05) is 13.2 Å². The predicted octanol–water partition coefficient (Wildman–Crippen LogP) is -0.0876. The van der Waals surface area contributed by atoms with Crippen LogP contribution in [0.1, 0.15) is 24.4 Å². The van der Waals surface area contributed by atoms with Gasteiger partial charge in [-0.1, -0.05) is 0 Å². The topological polar surface area (TPSA) is 112 Å². The molecule has 1 saturated carbocycles. The Bertz CT molecular complexity index is 719. The Morgan fingerprint density at radius 1 is 1.42 bits per heavy atom. The van der Waals surface area contributed by atoms with E-state index in [4.69, 9.17) is 4.74 Å². The molecule has 3 rings (SSSR count). The Morgan fingerprint density at radius 2 is 2.15 bits per heavy atom. The van der Waals surface area contributed by atoms with Crippen LogP contribution >= 0.6 is 0 Å². The van der Waals surface area contributed by atoms with Crippen molar-refractivity contribution in [2.45, 2.75) is 25.0 Å². The van der Waals surface area contributed by atoms with Gasteiger partial charge in [-0.25, -0.2) is 4.79 Å². The van der Waals surface area contributed by atoms with Crippen LogP contribution in [-0.4, -0.2) is 71.1 Å². The van der Waals surface area contributed by atoms with Crippen molar-refractivity contribution < 1.29 is 24.2 Å². The van der Waals surface area contributed by atoms with Gasteiger partial charge in [0.1, 0.15) is 18.8 Å². The first-order valence-corrected chi connectivity index (χ1v) is 8.41. The maximum absolute atomic E-state index is 12.5. The largest absolute Gasteiger partial charge is 0.495 e. The van der Waals surface area contributed by atoms with E-state index in [1.165, 1.54) is 19.1 Å². The van der Waals surface area contributed by atoms with E-state index >= 15 is 0 Å². The van der Waals surface area contributed by atoms with Gasteiger partial charge >= 0.3 is 6.03 Å². The van der Waals surface area contributed by atoms with Crippen molar-refractivity contribution in [2.75, 3.05) is 27.2 Å². The zero-order valence-corrected chi connectivity index (χ0v) is 14.7. The van der Waals surface area contributed by atoms with Crippen molar-refractivity contribution in [3.8, 4) is 5.75 Å². The molecule has 4 amide bonds. The minimum atomic E-state index is -0.483. The third-order valence-corrected chi connectivity index (χ3v) is 4.80. The van der Waals surface area contributed by atoms with Crippen molar-refractivity contribution in [1.82, 2.24) is 20.1 Å².